The number of benzene rings is 2. The van der Waals surface area contributed by atoms with Crippen LogP contribution < -0.4 is 4.74 Å². The lowest BCUT2D eigenvalue weighted by atomic mass is 9.74. The molecule has 2 aromatic rings. The Morgan fingerprint density at radius 1 is 1.04 bits per heavy atom. The van der Waals surface area contributed by atoms with Gasteiger partial charge in [0.25, 0.3) is 0 Å². The number of carbonyl (C=O) groups excluding carboxylic acids is 1. The van der Waals surface area contributed by atoms with Gasteiger partial charge in [0.2, 0.25) is 0 Å². The van der Waals surface area contributed by atoms with Crippen LogP contribution in [0.3, 0.4) is 0 Å². The van der Waals surface area contributed by atoms with Gasteiger partial charge in [-0.05, 0) is 41.0 Å². The fourth-order valence-electron chi connectivity index (χ4n) is 3.28. The molecular weight excluding hydrogens is 312 g/mol. The van der Waals surface area contributed by atoms with Gasteiger partial charge in [0.05, 0.1) is 14.2 Å². The van der Waals surface area contributed by atoms with Crippen LogP contribution in [-0.4, -0.2) is 20.2 Å². The van der Waals surface area contributed by atoms with E-state index in [0.717, 1.165) is 16.7 Å². The summed E-state index contributed by atoms with van der Waals surface area (Å²) in [6.07, 6.45) is 5.78. The molecule has 136 valence electrons. The highest BCUT2D eigenvalue weighted by Gasteiger charge is 2.24. The van der Waals surface area contributed by atoms with Crippen LogP contribution in [0.15, 0.2) is 36.4 Å². The third-order valence-corrected chi connectivity index (χ3v) is 5.13. The summed E-state index contributed by atoms with van der Waals surface area (Å²) in [7, 11) is 2.90. The molecule has 0 unspecified atom stereocenters. The van der Waals surface area contributed by atoms with Crippen molar-refractivity contribution in [3.05, 3.63) is 42.0 Å². The highest BCUT2D eigenvalue weighted by atomic mass is 16.5. The van der Waals surface area contributed by atoms with Crippen LogP contribution in [0.5, 0.6) is 5.75 Å². The number of esters is 1. The number of hydrogen-bond acceptors (Lipinski definition) is 3. The molecule has 0 N–H and O–H groups in total. The van der Waals surface area contributed by atoms with Gasteiger partial charge in [-0.25, -0.2) is 4.79 Å². The van der Waals surface area contributed by atoms with E-state index in [9.17, 15) is 4.79 Å². The Bertz CT molecular complexity index is 708. The molecule has 0 bridgehead atoms. The molecule has 1 aliphatic rings. The van der Waals surface area contributed by atoms with E-state index in [4.69, 9.17) is 9.47 Å². The molecule has 1 fully saturated rings. The number of carbonyl (C=O) groups is 1. The second kappa shape index (κ2) is 8.37. The van der Waals surface area contributed by atoms with E-state index in [1.807, 2.05) is 30.3 Å². The van der Waals surface area contributed by atoms with Crippen LogP contribution in [0.4, 0.5) is 0 Å². The minimum absolute atomic E-state index is 0.381. The molecule has 0 aromatic heterocycles. The summed E-state index contributed by atoms with van der Waals surface area (Å²) >= 11 is 0. The van der Waals surface area contributed by atoms with Crippen molar-refractivity contribution in [2.24, 2.45) is 11.3 Å². The van der Waals surface area contributed by atoms with Crippen molar-refractivity contribution >= 4 is 16.7 Å². The Morgan fingerprint density at radius 3 is 2.24 bits per heavy atom. The molecule has 0 aliphatic heterocycles. The van der Waals surface area contributed by atoms with Gasteiger partial charge in [0.15, 0.2) is 0 Å². The van der Waals surface area contributed by atoms with Crippen molar-refractivity contribution in [2.45, 2.75) is 46.5 Å². The van der Waals surface area contributed by atoms with Gasteiger partial charge in [-0.3, -0.25) is 0 Å². The van der Waals surface area contributed by atoms with Crippen LogP contribution in [0.2, 0.25) is 0 Å². The van der Waals surface area contributed by atoms with Crippen LogP contribution in [-0.2, 0) is 4.74 Å². The average Bonchev–Trinajstić information content (AvgIpc) is 2.63. The fraction of sp³-hybridized carbons (Fsp3) is 0.500. The number of ether oxygens (including phenoxy) is 2. The summed E-state index contributed by atoms with van der Waals surface area (Å²) in [4.78, 5) is 11.7. The molecule has 3 nitrogen and oxygen atoms in total. The zero-order valence-electron chi connectivity index (χ0n) is 16.1. The number of hydrogen-bond donors (Lipinski definition) is 0. The van der Waals surface area contributed by atoms with Gasteiger partial charge >= 0.3 is 5.97 Å². The van der Waals surface area contributed by atoms with Gasteiger partial charge in [0.1, 0.15) is 11.3 Å². The van der Waals surface area contributed by atoms with Crippen molar-refractivity contribution in [1.29, 1.82) is 0 Å². The van der Waals surface area contributed by atoms with Crippen LogP contribution in [0.1, 0.15) is 56.8 Å². The van der Waals surface area contributed by atoms with E-state index in [1.165, 1.54) is 39.9 Å². The summed E-state index contributed by atoms with van der Waals surface area (Å²) in [6, 6.07) is 11.3. The summed E-state index contributed by atoms with van der Waals surface area (Å²) in [6.45, 7) is 7.15. The quantitative estimate of drug-likeness (QED) is 0.641. The smallest absolute Gasteiger partial charge is 0.342 e. The van der Waals surface area contributed by atoms with Crippen molar-refractivity contribution in [2.75, 3.05) is 14.2 Å². The van der Waals surface area contributed by atoms with Crippen LogP contribution >= 0.6 is 0 Å². The summed E-state index contributed by atoms with van der Waals surface area (Å²) in [5.41, 5.74) is 1.13. The Balaban J connectivity index is 0.000000212. The summed E-state index contributed by atoms with van der Waals surface area (Å²) in [5, 5.41) is 1.83. The Labute approximate surface area is 151 Å². The van der Waals surface area contributed by atoms with Crippen molar-refractivity contribution in [3.8, 4) is 5.75 Å². The number of rotatable bonds is 2. The first-order valence-electron chi connectivity index (χ1n) is 9.02. The van der Waals surface area contributed by atoms with E-state index in [0.29, 0.717) is 16.7 Å². The van der Waals surface area contributed by atoms with Gasteiger partial charge < -0.3 is 9.47 Å². The predicted molar refractivity (Wildman–Crippen MR) is 103 cm³/mol. The predicted octanol–water partition coefficient (Wildman–Crippen LogP) is 5.86. The normalized spacial score (nSPS) is 16.7. The first-order valence-corrected chi connectivity index (χ1v) is 9.02. The lowest BCUT2D eigenvalue weighted by Crippen LogP contribution is -2.19. The highest BCUT2D eigenvalue weighted by molar-refractivity contribution is 6.07. The second-order valence-corrected chi connectivity index (χ2v) is 7.70. The minimum Gasteiger partial charge on any atom is -0.496 e. The van der Waals surface area contributed by atoms with Crippen molar-refractivity contribution in [3.63, 3.8) is 0 Å². The van der Waals surface area contributed by atoms with E-state index in [2.05, 4.69) is 20.8 Å². The van der Waals surface area contributed by atoms with Crippen LogP contribution in [0, 0.1) is 11.3 Å². The Kier molecular flexibility index (Phi) is 6.46. The fourth-order valence-corrected chi connectivity index (χ4v) is 3.28. The SMILES string of the molecule is CC1CCC(C)(C)CC1.COC(=O)c1c(OC)ccc2ccccc12. The maximum atomic E-state index is 11.7. The minimum atomic E-state index is -0.381. The zero-order valence-corrected chi connectivity index (χ0v) is 16.1. The Hall–Kier alpha value is -2.03. The topological polar surface area (TPSA) is 35.5 Å². The lowest BCUT2D eigenvalue weighted by Gasteiger charge is -2.32. The summed E-state index contributed by atoms with van der Waals surface area (Å²) < 4.78 is 9.94. The van der Waals surface area contributed by atoms with Gasteiger partial charge in [-0.15, -0.1) is 0 Å². The molecule has 3 heteroatoms. The van der Waals surface area contributed by atoms with E-state index in [1.54, 1.807) is 6.07 Å². The maximum Gasteiger partial charge on any atom is 0.342 e. The standard InChI is InChI=1S/C13H12O3.C9H18/c1-15-11-8-7-9-5-3-4-6-10(9)12(11)13(14)16-2;1-8-4-6-9(2,3)7-5-8/h3-8H,1-2H3;8H,4-7H2,1-3H3. The maximum absolute atomic E-state index is 11.7. The van der Waals surface area contributed by atoms with Gasteiger partial charge in [0, 0.05) is 0 Å². The molecule has 2 aromatic carbocycles. The molecule has 3 rings (SSSR count). The molecule has 1 aliphatic carbocycles. The van der Waals surface area contributed by atoms with Gasteiger partial charge in [-0.2, -0.15) is 0 Å². The van der Waals surface area contributed by atoms with Crippen LogP contribution in [0.25, 0.3) is 10.8 Å². The third-order valence-electron chi connectivity index (χ3n) is 5.13. The molecule has 0 radical (unpaired) electrons. The van der Waals surface area contributed by atoms with E-state index in [-0.39, 0.29) is 5.97 Å². The van der Waals surface area contributed by atoms with Crippen molar-refractivity contribution in [1.82, 2.24) is 0 Å². The first kappa shape index (κ1) is 19.3. The molecule has 1 saturated carbocycles. The second-order valence-electron chi connectivity index (χ2n) is 7.70. The zero-order chi connectivity index (χ0) is 18.4. The monoisotopic (exact) mass is 342 g/mol. The molecular formula is C22H30O3. The number of methoxy groups -OCH3 is 2. The molecule has 0 heterocycles. The van der Waals surface area contributed by atoms with Gasteiger partial charge in [-0.1, -0.05) is 63.9 Å². The highest BCUT2D eigenvalue weighted by Crippen LogP contribution is 2.37. The Morgan fingerprint density at radius 2 is 1.68 bits per heavy atom. The van der Waals surface area contributed by atoms with Crippen molar-refractivity contribution < 1.29 is 14.3 Å². The average molecular weight is 342 g/mol. The van der Waals surface area contributed by atoms with E-state index >= 15 is 0 Å². The molecule has 25 heavy (non-hydrogen) atoms. The molecule has 0 spiro atoms. The first-order chi connectivity index (χ1) is 11.9. The molecule has 0 amide bonds. The largest absolute Gasteiger partial charge is 0.496 e. The number of fused-ring (bicyclic) bond motifs is 1. The van der Waals surface area contributed by atoms with E-state index < -0.39 is 0 Å². The lowest BCUT2D eigenvalue weighted by molar-refractivity contribution is 0.0599. The molecule has 0 saturated heterocycles. The third kappa shape index (κ3) is 4.97. The summed E-state index contributed by atoms with van der Waals surface area (Å²) in [5.74, 6) is 1.15. The molecule has 0 atom stereocenters.